The van der Waals surface area contributed by atoms with Gasteiger partial charge in [-0.15, -0.1) is 0 Å². The van der Waals surface area contributed by atoms with Crippen LogP contribution in [0.4, 0.5) is 0 Å². The Kier molecular flexibility index (Phi) is 8.05. The topological polar surface area (TPSA) is 73.2 Å². The van der Waals surface area contributed by atoms with Gasteiger partial charge in [0.15, 0.2) is 18.1 Å². The number of rotatable bonds is 8. The summed E-state index contributed by atoms with van der Waals surface area (Å²) >= 11 is 0. The lowest BCUT2D eigenvalue weighted by atomic mass is 10.1. The molecule has 2 heterocycles. The number of para-hydroxylation sites is 1. The van der Waals surface area contributed by atoms with Crippen molar-refractivity contribution in [2.45, 2.75) is 6.92 Å². The van der Waals surface area contributed by atoms with Gasteiger partial charge in [-0.2, -0.15) is 0 Å². The molecule has 5 rings (SSSR count). The Morgan fingerprint density at radius 1 is 0.750 bits per heavy atom. The van der Waals surface area contributed by atoms with E-state index >= 15 is 0 Å². The Morgan fingerprint density at radius 2 is 1.38 bits per heavy atom. The molecule has 1 saturated heterocycles. The van der Waals surface area contributed by atoms with E-state index in [1.165, 1.54) is 0 Å². The average Bonchev–Trinajstić information content (AvgIpc) is 3.36. The first-order valence-corrected chi connectivity index (χ1v) is 13.2. The fourth-order valence-electron chi connectivity index (χ4n) is 5.02. The van der Waals surface area contributed by atoms with Crippen LogP contribution < -0.4 is 14.2 Å². The summed E-state index contributed by atoms with van der Waals surface area (Å²) in [7, 11) is 3.21. The van der Waals surface area contributed by atoms with Crippen LogP contribution in [-0.2, 0) is 4.79 Å². The minimum absolute atomic E-state index is 0.0221. The van der Waals surface area contributed by atoms with Crippen LogP contribution in [0.1, 0.15) is 16.1 Å². The summed E-state index contributed by atoms with van der Waals surface area (Å²) in [6.07, 6.45) is 0. The van der Waals surface area contributed by atoms with Crippen LogP contribution in [0.3, 0.4) is 0 Å². The van der Waals surface area contributed by atoms with E-state index in [4.69, 9.17) is 14.2 Å². The number of carbonyl (C=O) groups is 2. The highest BCUT2D eigenvalue weighted by atomic mass is 16.5. The standard InChI is InChI=1S/C32H33N3O5/c1-23-27(32(37)34-18-16-33(17-19-34)31(36)22-40-26-12-8-5-9-13-26)21-28(24-10-6-4-7-11-24)35(23)25-14-15-29(38-2)30(20-25)39-3/h4-15,20-21H,16-19,22H2,1-3H3. The first kappa shape index (κ1) is 26.9. The van der Waals surface area contributed by atoms with Crippen LogP contribution in [0, 0.1) is 6.92 Å². The fourth-order valence-corrected chi connectivity index (χ4v) is 5.02. The SMILES string of the molecule is COc1ccc(-n2c(-c3ccccc3)cc(C(=O)N3CCN(C(=O)COc4ccccc4)CC3)c2C)cc1OC. The van der Waals surface area contributed by atoms with Crippen molar-refractivity contribution >= 4 is 11.8 Å². The summed E-state index contributed by atoms with van der Waals surface area (Å²) in [6.45, 7) is 3.77. The molecule has 0 aliphatic carbocycles. The highest BCUT2D eigenvalue weighted by Gasteiger charge is 2.28. The molecule has 2 amide bonds. The first-order chi connectivity index (χ1) is 19.5. The quantitative estimate of drug-likeness (QED) is 0.321. The Balaban J connectivity index is 1.36. The number of piperazine rings is 1. The predicted molar refractivity (Wildman–Crippen MR) is 153 cm³/mol. The molecule has 0 radical (unpaired) electrons. The zero-order valence-corrected chi connectivity index (χ0v) is 23.0. The first-order valence-electron chi connectivity index (χ1n) is 13.2. The third-order valence-corrected chi connectivity index (χ3v) is 7.20. The molecular weight excluding hydrogens is 506 g/mol. The molecule has 0 bridgehead atoms. The van der Waals surface area contributed by atoms with Gasteiger partial charge in [-0.05, 0) is 42.8 Å². The monoisotopic (exact) mass is 539 g/mol. The number of benzene rings is 3. The smallest absolute Gasteiger partial charge is 0.260 e. The second-order valence-electron chi connectivity index (χ2n) is 9.54. The van der Waals surface area contributed by atoms with Crippen LogP contribution in [0.5, 0.6) is 17.2 Å². The summed E-state index contributed by atoms with van der Waals surface area (Å²) in [5.41, 5.74) is 4.21. The van der Waals surface area contributed by atoms with Crippen molar-refractivity contribution in [2.75, 3.05) is 47.0 Å². The van der Waals surface area contributed by atoms with Gasteiger partial charge >= 0.3 is 0 Å². The molecule has 4 aromatic rings. The summed E-state index contributed by atoms with van der Waals surface area (Å²) in [6, 6.07) is 27.0. The lowest BCUT2D eigenvalue weighted by molar-refractivity contribution is -0.134. The maximum absolute atomic E-state index is 13.8. The minimum atomic E-state index is -0.0851. The van der Waals surface area contributed by atoms with Crippen LogP contribution in [0.2, 0.25) is 0 Å². The van der Waals surface area contributed by atoms with E-state index in [1.54, 1.807) is 19.1 Å². The van der Waals surface area contributed by atoms with Crippen molar-refractivity contribution in [3.8, 4) is 34.2 Å². The Labute approximate surface area is 234 Å². The van der Waals surface area contributed by atoms with Crippen molar-refractivity contribution in [1.29, 1.82) is 0 Å². The molecule has 0 N–H and O–H groups in total. The number of hydrogen-bond acceptors (Lipinski definition) is 5. The fraction of sp³-hybridized carbons (Fsp3) is 0.250. The molecule has 0 atom stereocenters. The highest BCUT2D eigenvalue weighted by Crippen LogP contribution is 2.35. The molecule has 8 nitrogen and oxygen atoms in total. The van der Waals surface area contributed by atoms with Gasteiger partial charge in [-0.25, -0.2) is 0 Å². The van der Waals surface area contributed by atoms with Gasteiger partial charge in [0.05, 0.1) is 25.5 Å². The third kappa shape index (κ3) is 5.52. The van der Waals surface area contributed by atoms with E-state index in [-0.39, 0.29) is 18.4 Å². The van der Waals surface area contributed by atoms with Crippen molar-refractivity contribution in [2.24, 2.45) is 0 Å². The maximum Gasteiger partial charge on any atom is 0.260 e. The summed E-state index contributed by atoms with van der Waals surface area (Å²) in [5.74, 6) is 1.76. The third-order valence-electron chi connectivity index (χ3n) is 7.20. The van der Waals surface area contributed by atoms with Crippen molar-refractivity contribution in [1.82, 2.24) is 14.4 Å². The van der Waals surface area contributed by atoms with Crippen LogP contribution >= 0.6 is 0 Å². The summed E-state index contributed by atoms with van der Waals surface area (Å²) < 4.78 is 18.7. The molecule has 3 aromatic carbocycles. The minimum Gasteiger partial charge on any atom is -0.493 e. The summed E-state index contributed by atoms with van der Waals surface area (Å²) in [5, 5.41) is 0. The second-order valence-corrected chi connectivity index (χ2v) is 9.54. The number of ether oxygens (including phenoxy) is 3. The Morgan fingerprint density at radius 3 is 2.02 bits per heavy atom. The average molecular weight is 540 g/mol. The molecule has 0 saturated carbocycles. The molecule has 0 spiro atoms. The van der Waals surface area contributed by atoms with Gasteiger partial charge in [-0.3, -0.25) is 9.59 Å². The number of amides is 2. The molecule has 0 unspecified atom stereocenters. The molecule has 1 aliphatic heterocycles. The van der Waals surface area contributed by atoms with Crippen LogP contribution in [0.25, 0.3) is 16.9 Å². The number of hydrogen-bond donors (Lipinski definition) is 0. The molecule has 8 heteroatoms. The van der Waals surface area contributed by atoms with Crippen molar-refractivity contribution in [3.05, 3.63) is 96.2 Å². The Hall–Kier alpha value is -4.72. The lowest BCUT2D eigenvalue weighted by Crippen LogP contribution is -2.51. The lowest BCUT2D eigenvalue weighted by Gasteiger charge is -2.34. The van der Waals surface area contributed by atoms with Gasteiger partial charge in [0.25, 0.3) is 11.8 Å². The normalized spacial score (nSPS) is 13.2. The maximum atomic E-state index is 13.8. The van der Waals surface area contributed by atoms with Crippen molar-refractivity contribution < 1.29 is 23.8 Å². The van der Waals surface area contributed by atoms with Crippen LogP contribution in [0.15, 0.2) is 84.9 Å². The van der Waals surface area contributed by atoms with E-state index in [0.29, 0.717) is 49.0 Å². The molecule has 1 aromatic heterocycles. The van der Waals surface area contributed by atoms with E-state index in [1.807, 2.05) is 96.8 Å². The van der Waals surface area contributed by atoms with Gasteiger partial charge in [-0.1, -0.05) is 48.5 Å². The molecule has 40 heavy (non-hydrogen) atoms. The van der Waals surface area contributed by atoms with E-state index < -0.39 is 0 Å². The van der Waals surface area contributed by atoms with Gasteiger partial charge in [0, 0.05) is 43.6 Å². The molecule has 1 aliphatic rings. The van der Waals surface area contributed by atoms with Gasteiger partial charge in [0.1, 0.15) is 5.75 Å². The zero-order valence-electron chi connectivity index (χ0n) is 23.0. The largest absolute Gasteiger partial charge is 0.493 e. The summed E-state index contributed by atoms with van der Waals surface area (Å²) in [4.78, 5) is 30.1. The number of aromatic nitrogens is 1. The van der Waals surface area contributed by atoms with E-state index in [9.17, 15) is 9.59 Å². The molecule has 1 fully saturated rings. The van der Waals surface area contributed by atoms with Crippen LogP contribution in [-0.4, -0.2) is 73.2 Å². The number of carbonyl (C=O) groups excluding carboxylic acids is 2. The van der Waals surface area contributed by atoms with Crippen molar-refractivity contribution in [3.63, 3.8) is 0 Å². The number of nitrogens with zero attached hydrogens (tertiary/aromatic N) is 3. The Bertz CT molecular complexity index is 1480. The number of methoxy groups -OCH3 is 2. The molecule has 206 valence electrons. The van der Waals surface area contributed by atoms with E-state index in [2.05, 4.69) is 4.57 Å². The molecular formula is C32H33N3O5. The van der Waals surface area contributed by atoms with Gasteiger partial charge < -0.3 is 28.6 Å². The predicted octanol–water partition coefficient (Wildman–Crippen LogP) is 4.83. The van der Waals surface area contributed by atoms with E-state index in [0.717, 1.165) is 22.6 Å². The van der Waals surface area contributed by atoms with Gasteiger partial charge in [0.2, 0.25) is 0 Å². The zero-order chi connectivity index (χ0) is 28.1. The second kappa shape index (κ2) is 12.0. The highest BCUT2D eigenvalue weighted by molar-refractivity contribution is 5.97.